The van der Waals surface area contributed by atoms with Gasteiger partial charge in [-0.05, 0) is 54.9 Å². The van der Waals surface area contributed by atoms with E-state index < -0.39 is 5.97 Å². The Balaban J connectivity index is 0.000000176. The van der Waals surface area contributed by atoms with Gasteiger partial charge in [-0.3, -0.25) is 4.79 Å². The second-order valence-corrected chi connectivity index (χ2v) is 7.59. The van der Waals surface area contributed by atoms with Crippen LogP contribution in [0.4, 0.5) is 0 Å². The van der Waals surface area contributed by atoms with Crippen LogP contribution in [0.1, 0.15) is 43.0 Å². The van der Waals surface area contributed by atoms with E-state index in [0.717, 1.165) is 24.2 Å². The van der Waals surface area contributed by atoms with Crippen molar-refractivity contribution in [3.05, 3.63) is 54.1 Å². The van der Waals surface area contributed by atoms with Crippen molar-refractivity contribution in [2.75, 3.05) is 20.2 Å². The second kappa shape index (κ2) is 8.46. The average Bonchev–Trinajstić information content (AvgIpc) is 3.47. The molecule has 1 spiro atoms. The van der Waals surface area contributed by atoms with E-state index in [-0.39, 0.29) is 11.5 Å². The summed E-state index contributed by atoms with van der Waals surface area (Å²) in [4.78, 5) is 23.9. The van der Waals surface area contributed by atoms with Crippen LogP contribution in [-0.2, 0) is 4.79 Å². The normalized spacial score (nSPS) is 16.7. The van der Waals surface area contributed by atoms with Gasteiger partial charge in [-0.25, -0.2) is 4.79 Å². The third kappa shape index (κ3) is 4.71. The van der Waals surface area contributed by atoms with Crippen molar-refractivity contribution in [2.45, 2.75) is 32.6 Å². The number of methoxy groups -OCH3 is 1. The Morgan fingerprint density at radius 2 is 1.64 bits per heavy atom. The highest BCUT2D eigenvalue weighted by atomic mass is 16.5. The van der Waals surface area contributed by atoms with Crippen LogP contribution in [0.25, 0.3) is 11.1 Å². The van der Waals surface area contributed by atoms with E-state index >= 15 is 0 Å². The highest BCUT2D eigenvalue weighted by Gasteiger charge is 2.44. The van der Waals surface area contributed by atoms with Crippen LogP contribution in [0.2, 0.25) is 0 Å². The summed E-state index contributed by atoms with van der Waals surface area (Å²) in [5.41, 5.74) is 2.68. The minimum Gasteiger partial charge on any atom is -0.496 e. The number of hydrogen-bond donors (Lipinski definition) is 1. The predicted octanol–water partition coefficient (Wildman–Crippen LogP) is 4.47. The lowest BCUT2D eigenvalue weighted by atomic mass is 9.94. The molecule has 1 saturated heterocycles. The number of carboxylic acids is 1. The fourth-order valence-electron chi connectivity index (χ4n) is 3.66. The van der Waals surface area contributed by atoms with Gasteiger partial charge in [0, 0.05) is 25.6 Å². The number of benzene rings is 2. The number of hydrogen-bond acceptors (Lipinski definition) is 3. The lowest BCUT2D eigenvalue weighted by Gasteiger charge is -2.31. The van der Waals surface area contributed by atoms with Crippen molar-refractivity contribution in [1.82, 2.24) is 4.90 Å². The Labute approximate surface area is 165 Å². The third-order valence-electron chi connectivity index (χ3n) is 5.76. The fourth-order valence-corrected chi connectivity index (χ4v) is 3.66. The van der Waals surface area contributed by atoms with E-state index in [4.69, 9.17) is 9.84 Å². The summed E-state index contributed by atoms with van der Waals surface area (Å²) in [5, 5.41) is 8.98. The summed E-state index contributed by atoms with van der Waals surface area (Å²) >= 11 is 0. The van der Waals surface area contributed by atoms with Crippen molar-refractivity contribution in [3.8, 4) is 16.9 Å². The number of carboxylic acid groups (broad SMARTS) is 1. The van der Waals surface area contributed by atoms with Crippen LogP contribution in [0.5, 0.6) is 5.75 Å². The van der Waals surface area contributed by atoms with E-state index in [2.05, 4.69) is 0 Å². The van der Waals surface area contributed by atoms with Gasteiger partial charge in [0.2, 0.25) is 5.91 Å². The molecule has 4 rings (SSSR count). The van der Waals surface area contributed by atoms with Crippen molar-refractivity contribution in [2.24, 2.45) is 5.41 Å². The molecular formula is C23H27NO4. The molecule has 28 heavy (non-hydrogen) atoms. The van der Waals surface area contributed by atoms with Crippen LogP contribution < -0.4 is 4.74 Å². The van der Waals surface area contributed by atoms with Crippen LogP contribution in [0, 0.1) is 5.41 Å². The largest absolute Gasteiger partial charge is 0.496 e. The molecule has 148 valence electrons. The summed E-state index contributed by atoms with van der Waals surface area (Å²) in [6, 6.07) is 14.4. The van der Waals surface area contributed by atoms with E-state index in [1.165, 1.54) is 31.7 Å². The second-order valence-electron chi connectivity index (χ2n) is 7.59. The molecule has 0 bridgehead atoms. The summed E-state index contributed by atoms with van der Waals surface area (Å²) in [6.45, 7) is 3.69. The lowest BCUT2D eigenvalue weighted by Crippen LogP contribution is -2.37. The summed E-state index contributed by atoms with van der Waals surface area (Å²) in [7, 11) is 1.57. The number of aromatic carboxylic acids is 1. The first-order valence-corrected chi connectivity index (χ1v) is 9.66. The monoisotopic (exact) mass is 381 g/mol. The van der Waals surface area contributed by atoms with Gasteiger partial charge in [0.25, 0.3) is 0 Å². The molecule has 0 aromatic heterocycles. The molecule has 1 N–H and O–H groups in total. The molecule has 0 radical (unpaired) electrons. The van der Waals surface area contributed by atoms with Gasteiger partial charge < -0.3 is 14.7 Å². The van der Waals surface area contributed by atoms with E-state index in [1.54, 1.807) is 26.2 Å². The molecule has 1 saturated carbocycles. The minimum absolute atomic E-state index is 0.250. The first-order valence-electron chi connectivity index (χ1n) is 9.66. The van der Waals surface area contributed by atoms with Crippen molar-refractivity contribution in [3.63, 3.8) is 0 Å². The highest BCUT2D eigenvalue weighted by molar-refractivity contribution is 5.90. The maximum Gasteiger partial charge on any atom is 0.335 e. The van der Waals surface area contributed by atoms with Crippen molar-refractivity contribution < 1.29 is 19.4 Å². The molecule has 5 nitrogen and oxygen atoms in total. The zero-order chi connectivity index (χ0) is 20.1. The van der Waals surface area contributed by atoms with Gasteiger partial charge in [-0.15, -0.1) is 0 Å². The smallest absolute Gasteiger partial charge is 0.335 e. The van der Waals surface area contributed by atoms with Crippen LogP contribution in [0.3, 0.4) is 0 Å². The Hall–Kier alpha value is -2.82. The molecule has 2 aromatic carbocycles. The maximum atomic E-state index is 11.0. The number of piperidine rings is 1. The molecule has 1 aliphatic heterocycles. The van der Waals surface area contributed by atoms with Crippen LogP contribution in [0.15, 0.2) is 48.5 Å². The zero-order valence-electron chi connectivity index (χ0n) is 16.5. The van der Waals surface area contributed by atoms with Gasteiger partial charge in [0.1, 0.15) is 5.75 Å². The zero-order valence-corrected chi connectivity index (χ0v) is 16.5. The topological polar surface area (TPSA) is 66.8 Å². The molecule has 2 aliphatic rings. The predicted molar refractivity (Wildman–Crippen MR) is 109 cm³/mol. The molecule has 1 amide bonds. The number of nitrogens with zero attached hydrogens (tertiary/aromatic N) is 1. The Morgan fingerprint density at radius 3 is 2.14 bits per heavy atom. The average molecular weight is 381 g/mol. The van der Waals surface area contributed by atoms with Crippen LogP contribution in [-0.4, -0.2) is 42.1 Å². The molecule has 1 heterocycles. The fraction of sp³-hybridized carbons (Fsp3) is 0.391. The summed E-state index contributed by atoms with van der Waals surface area (Å²) < 4.78 is 5.24. The Kier molecular flexibility index (Phi) is 6.02. The van der Waals surface area contributed by atoms with Gasteiger partial charge in [0.15, 0.2) is 0 Å². The van der Waals surface area contributed by atoms with Crippen molar-refractivity contribution in [1.29, 1.82) is 0 Å². The molecule has 0 atom stereocenters. The van der Waals surface area contributed by atoms with Crippen molar-refractivity contribution >= 4 is 11.9 Å². The molecule has 5 heteroatoms. The Bertz CT molecular complexity index is 833. The number of carbonyl (C=O) groups excluding carboxylic acids is 1. The van der Waals surface area contributed by atoms with Gasteiger partial charge in [-0.1, -0.05) is 30.3 Å². The molecule has 0 unspecified atom stereocenters. The molecule has 2 fully saturated rings. The summed E-state index contributed by atoms with van der Waals surface area (Å²) in [5.74, 6) is -0.0217. The van der Waals surface area contributed by atoms with E-state index in [0.29, 0.717) is 11.2 Å². The molecule has 2 aromatic rings. The van der Waals surface area contributed by atoms with Crippen LogP contribution >= 0.6 is 0 Å². The number of carbonyl (C=O) groups is 2. The first-order chi connectivity index (χ1) is 13.4. The standard InChI is InChI=1S/C14H12O3.C9H15NO/c1-17-13-8-7-11(14(15)16)9-12(13)10-5-3-2-4-6-10;1-8(11)10-6-4-9(2-3-9)5-7-10/h2-9H,1H3,(H,15,16);2-7H2,1H3. The van der Waals surface area contributed by atoms with Gasteiger partial charge in [0.05, 0.1) is 12.7 Å². The molecular weight excluding hydrogens is 354 g/mol. The van der Waals surface area contributed by atoms with Gasteiger partial charge >= 0.3 is 5.97 Å². The first kappa shape index (κ1) is 19.9. The molecule has 1 aliphatic carbocycles. The Morgan fingerprint density at radius 1 is 1.00 bits per heavy atom. The number of likely N-dealkylation sites (tertiary alicyclic amines) is 1. The summed E-state index contributed by atoms with van der Waals surface area (Å²) in [6.07, 6.45) is 5.34. The number of amides is 1. The highest BCUT2D eigenvalue weighted by Crippen LogP contribution is 2.53. The number of ether oxygens (including phenoxy) is 1. The van der Waals surface area contributed by atoms with E-state index in [1.807, 2.05) is 35.2 Å². The minimum atomic E-state index is -0.940. The maximum absolute atomic E-state index is 11.0. The number of rotatable bonds is 3. The lowest BCUT2D eigenvalue weighted by molar-refractivity contribution is -0.130. The van der Waals surface area contributed by atoms with Gasteiger partial charge in [-0.2, -0.15) is 0 Å². The quantitative estimate of drug-likeness (QED) is 0.852. The SMILES string of the molecule is CC(=O)N1CCC2(CC1)CC2.COc1ccc(C(=O)O)cc1-c1ccccc1. The third-order valence-corrected chi connectivity index (χ3v) is 5.76. The van der Waals surface area contributed by atoms with E-state index in [9.17, 15) is 9.59 Å².